The van der Waals surface area contributed by atoms with Crippen molar-refractivity contribution in [2.24, 2.45) is 14.0 Å². The highest BCUT2D eigenvalue weighted by Gasteiger charge is 2.38. The normalized spacial score (nSPS) is 13.5. The lowest BCUT2D eigenvalue weighted by Crippen LogP contribution is -2.29. The van der Waals surface area contributed by atoms with E-state index in [2.05, 4.69) is 194 Å². The Morgan fingerprint density at radius 1 is 0.379 bits per heavy atom. The van der Waals surface area contributed by atoms with Gasteiger partial charge in [-0.1, -0.05) is 29.5 Å². The molecule has 0 fully saturated rings. The lowest BCUT2D eigenvalue weighted by Gasteiger charge is -2.04. The second-order valence-corrected chi connectivity index (χ2v) is 27.2. The molecule has 0 saturated heterocycles. The summed E-state index contributed by atoms with van der Waals surface area (Å²) in [4.78, 5) is 43.7. The molecule has 0 amide bonds. The minimum Gasteiger partial charge on any atom is -0.415 e. The van der Waals surface area contributed by atoms with Crippen molar-refractivity contribution in [2.75, 3.05) is 0 Å². The first-order valence-electron chi connectivity index (χ1n) is 35.0. The first-order chi connectivity index (χ1) is 52.1. The Bertz CT molecular complexity index is 7240. The summed E-state index contributed by atoms with van der Waals surface area (Å²) in [5.74, 6) is 1.23. The van der Waals surface area contributed by atoms with Gasteiger partial charge in [0.05, 0.1) is 68.3 Å². The first-order valence-corrected chi connectivity index (χ1v) is 34.3. The van der Waals surface area contributed by atoms with Crippen molar-refractivity contribution in [1.29, 1.82) is 0 Å². The summed E-state index contributed by atoms with van der Waals surface area (Å²) in [5, 5.41) is 0. The predicted octanol–water partition coefficient (Wildman–Crippen LogP) is 10.1. The number of imidazole rings is 8. The summed E-state index contributed by atoms with van der Waals surface area (Å²) >= 11 is 1.78. The molecule has 0 radical (unpaired) electrons. The molecule has 24 nitrogen and oxygen atoms in total. The third-order valence-corrected chi connectivity index (χ3v) is 21.6. The molecule has 5 aliphatic rings. The molecule has 0 N–H and O–H groups in total. The fraction of sp³-hybridized carbons (Fsp3) is 0.0897. The summed E-state index contributed by atoms with van der Waals surface area (Å²) in [5.41, 5.74) is 30.8. The molecule has 0 saturated carbocycles. The molecule has 0 unspecified atom stereocenters. The zero-order chi connectivity index (χ0) is 70.2. The number of fused-ring (bicyclic) bond motifs is 35. The standard InChI is InChI=1S/C20H14N5.2C15H12N5.C14H9N4O.C14H9N4S/c1-2-4-15(5-3-1)25-17-7-9-22-11-18(17)24-13-23-12-14-6-8-21-10-16(14)19(23)20(24)25;2*1-18-12-3-5-17-7-13(12)20-9-19-8-10-2-4-16-6-11(10)14(19)15(18)20;1-3-15-5-10-9(1)7-17-8-18-11-6-16-4-2-12(11)19-14(18)13(10)17;1-3-15-5-10-9(1)7-17-8-13-18(14(10)17)11-2-4-16-6-12(11)19-13/h1-11,13H,12H2;2*2-7,9H,8H2,1H3;2*1-6,8H,7H2/q5*+1/i;1D3;;;. The van der Waals surface area contributed by atoms with Crippen molar-refractivity contribution in [1.82, 2.24) is 85.5 Å². The van der Waals surface area contributed by atoms with Crippen LogP contribution in [0.15, 0.2) is 251 Å². The van der Waals surface area contributed by atoms with Gasteiger partial charge in [0.15, 0.2) is 33.2 Å². The smallest absolute Gasteiger partial charge is 0.344 e. The molecule has 0 bridgehead atoms. The number of para-hydroxylation sites is 1. The number of pyridine rings is 10. The monoisotopic (exact) mass is 1370 g/mol. The van der Waals surface area contributed by atoms with Crippen molar-refractivity contribution in [2.45, 2.75) is 32.7 Å². The Hall–Kier alpha value is -13.8. The third kappa shape index (κ3) is 8.35. The van der Waals surface area contributed by atoms with Gasteiger partial charge < -0.3 is 13.6 Å². The van der Waals surface area contributed by atoms with Gasteiger partial charge >= 0.3 is 5.71 Å². The fourth-order valence-electron chi connectivity index (χ4n) is 16.1. The van der Waals surface area contributed by atoms with Gasteiger partial charge in [0, 0.05) is 163 Å². The van der Waals surface area contributed by atoms with Crippen LogP contribution >= 0.6 is 11.3 Å². The van der Waals surface area contributed by atoms with Crippen LogP contribution in [0.4, 0.5) is 0 Å². The van der Waals surface area contributed by atoms with E-state index >= 15 is 0 Å². The molecule has 0 aliphatic carbocycles. The van der Waals surface area contributed by atoms with Crippen LogP contribution < -0.4 is 22.8 Å². The number of hydrogen-bond acceptors (Lipinski definition) is 12. The summed E-state index contributed by atoms with van der Waals surface area (Å²) in [6.45, 7) is 2.04. The molecule has 490 valence electrons. The Morgan fingerprint density at radius 3 is 1.38 bits per heavy atom. The van der Waals surface area contributed by atoms with Gasteiger partial charge in [0.25, 0.3) is 48.1 Å². The van der Waals surface area contributed by atoms with Crippen LogP contribution in [-0.2, 0) is 46.7 Å². The average molecular weight is 1370 g/mol. The molecule has 0 atom stereocenters. The number of benzene rings is 1. The highest BCUT2D eigenvalue weighted by atomic mass is 32.1. The first kappa shape index (κ1) is 54.1. The van der Waals surface area contributed by atoms with Crippen LogP contribution in [0.1, 0.15) is 31.9 Å². The molecular weight excluding hydrogens is 1310 g/mol. The Balaban J connectivity index is 0.0000000830. The number of hydrogen-bond donors (Lipinski definition) is 0. The van der Waals surface area contributed by atoms with E-state index < -0.39 is 6.98 Å². The second-order valence-electron chi connectivity index (χ2n) is 26.1. The van der Waals surface area contributed by atoms with Gasteiger partial charge in [0.1, 0.15) is 44.4 Å². The molecular formula is C78H56N23OS+5. The molecule has 5 aliphatic heterocycles. The summed E-state index contributed by atoms with van der Waals surface area (Å²) in [7, 11) is 2.10. The SMILES string of the molecule is Cn1c2ccncc2n2c[n+]3c(c12)-c1cnccc1C3.[2H]C([2H])([2H])n1c2ccncc2n2c[n+]3c(c12)-c1cnccc1C3.c1cc2c(cn1)-c1c3oc4ccncc4n3c[n+]1C2.c1cc2c(cn1)-c1n3c(c[n+]1C2)sc1cnccc13.c1ccc(-n2c3ccncc3n3c[n+]4c(c23)-c2cnccc2C4)cc1. The summed E-state index contributed by atoms with van der Waals surface area (Å²) in [6.07, 6.45) is 47.6. The van der Waals surface area contributed by atoms with Crippen LogP contribution in [0.2, 0.25) is 0 Å². The average Bonchev–Trinajstić information content (AvgIpc) is 1.55. The number of oxazole rings is 1. The number of aromatic nitrogens is 23. The maximum atomic E-state index is 7.98. The van der Waals surface area contributed by atoms with E-state index in [4.69, 9.17) is 8.53 Å². The van der Waals surface area contributed by atoms with E-state index in [1.54, 1.807) is 48.4 Å². The largest absolute Gasteiger partial charge is 0.415 e. The minimum atomic E-state index is -2.28. The van der Waals surface area contributed by atoms with Gasteiger partial charge in [-0.05, 0) is 60.7 Å². The molecule has 103 heavy (non-hydrogen) atoms. The topological polar surface area (TPSA) is 198 Å². The molecule has 21 aromatic rings. The maximum absolute atomic E-state index is 7.98. The third-order valence-electron chi connectivity index (χ3n) is 20.6. The quantitative estimate of drug-likeness (QED) is 0.142. The highest BCUT2D eigenvalue weighted by Crippen LogP contribution is 2.39. The predicted molar refractivity (Wildman–Crippen MR) is 384 cm³/mol. The molecule has 25 heteroatoms. The van der Waals surface area contributed by atoms with Crippen molar-refractivity contribution >= 4 is 93.2 Å². The van der Waals surface area contributed by atoms with Gasteiger partial charge in [-0.15, -0.1) is 0 Å². The van der Waals surface area contributed by atoms with Crippen molar-refractivity contribution in [3.8, 4) is 62.1 Å². The number of nitrogens with zero attached hydrogens (tertiary/aromatic N) is 23. The van der Waals surface area contributed by atoms with E-state index in [0.29, 0.717) is 11.2 Å². The van der Waals surface area contributed by atoms with Crippen LogP contribution in [0.5, 0.6) is 0 Å². The van der Waals surface area contributed by atoms with Crippen LogP contribution in [0, 0.1) is 0 Å². The van der Waals surface area contributed by atoms with Gasteiger partial charge in [0.2, 0.25) is 27.6 Å². The molecule has 20 aromatic heterocycles. The summed E-state index contributed by atoms with van der Waals surface area (Å²) < 4.78 is 58.9. The molecule has 26 rings (SSSR count). The van der Waals surface area contributed by atoms with Gasteiger partial charge in [-0.25, -0.2) is 22.8 Å². The lowest BCUT2D eigenvalue weighted by atomic mass is 10.1. The Kier molecular flexibility index (Phi) is 11.5. The lowest BCUT2D eigenvalue weighted by molar-refractivity contribution is -0.671. The zero-order valence-corrected chi connectivity index (χ0v) is 55.5. The number of aryl methyl sites for hydroxylation is 2. The van der Waals surface area contributed by atoms with Crippen molar-refractivity contribution < 1.29 is 31.4 Å². The van der Waals surface area contributed by atoms with Crippen molar-refractivity contribution in [3.63, 3.8) is 0 Å². The summed E-state index contributed by atoms with van der Waals surface area (Å²) in [6, 6.07) is 30.7. The molecule has 0 spiro atoms. The number of rotatable bonds is 1. The second kappa shape index (κ2) is 21.8. The zero-order valence-electron chi connectivity index (χ0n) is 57.7. The molecule has 1 aromatic carbocycles. The van der Waals surface area contributed by atoms with Crippen LogP contribution in [0.3, 0.4) is 0 Å². The van der Waals surface area contributed by atoms with E-state index in [1.807, 2.05) is 126 Å². The van der Waals surface area contributed by atoms with Crippen LogP contribution in [0.25, 0.3) is 144 Å². The van der Waals surface area contributed by atoms with Gasteiger partial charge in [-0.3, -0.25) is 54.4 Å². The van der Waals surface area contributed by atoms with Crippen molar-refractivity contribution in [3.05, 3.63) is 274 Å². The highest BCUT2D eigenvalue weighted by molar-refractivity contribution is 7.23. The van der Waals surface area contributed by atoms with Crippen LogP contribution in [-0.4, -0.2) is 85.5 Å². The maximum Gasteiger partial charge on any atom is 0.344 e. The minimum absolute atomic E-state index is 0.649. The number of thiazole rings is 1. The molecule has 25 heterocycles. The van der Waals surface area contributed by atoms with Gasteiger partial charge in [-0.2, -0.15) is 22.0 Å². The Morgan fingerprint density at radius 2 is 0.796 bits per heavy atom. The van der Waals surface area contributed by atoms with E-state index in [0.717, 1.165) is 111 Å². The Labute approximate surface area is 590 Å². The van der Waals surface area contributed by atoms with E-state index in [-0.39, 0.29) is 0 Å². The van der Waals surface area contributed by atoms with E-state index in [9.17, 15) is 0 Å². The fourth-order valence-corrected chi connectivity index (χ4v) is 17.1. The van der Waals surface area contributed by atoms with E-state index in [1.165, 1.54) is 86.9 Å².